The standard InChI is InChI=1S/C11H20N2O/c1-6-7-12-8-10(14)13(5)9-11(2,3)4/h1,12H,7-9H2,2-5H3. The van der Waals surface area contributed by atoms with E-state index in [1.165, 1.54) is 0 Å². The Bertz CT molecular complexity index is 222. The van der Waals surface area contributed by atoms with Gasteiger partial charge in [-0.05, 0) is 5.41 Å². The van der Waals surface area contributed by atoms with Gasteiger partial charge in [-0.2, -0.15) is 0 Å². The molecule has 0 aromatic rings. The van der Waals surface area contributed by atoms with E-state index in [1.807, 2.05) is 7.05 Å². The quantitative estimate of drug-likeness (QED) is 0.530. The molecule has 0 bridgehead atoms. The summed E-state index contributed by atoms with van der Waals surface area (Å²) in [5.41, 5.74) is 0.135. The van der Waals surface area contributed by atoms with Crippen molar-refractivity contribution < 1.29 is 4.79 Å². The Hall–Kier alpha value is -1.01. The van der Waals surface area contributed by atoms with Gasteiger partial charge in [-0.15, -0.1) is 6.42 Å². The molecule has 0 aliphatic rings. The van der Waals surface area contributed by atoms with Crippen LogP contribution in [0.2, 0.25) is 0 Å². The van der Waals surface area contributed by atoms with Gasteiger partial charge < -0.3 is 4.90 Å². The normalized spacial score (nSPS) is 10.8. The van der Waals surface area contributed by atoms with Crippen molar-refractivity contribution in [3.05, 3.63) is 0 Å². The molecule has 0 spiro atoms. The molecule has 3 nitrogen and oxygen atoms in total. The van der Waals surface area contributed by atoms with Crippen LogP contribution in [0, 0.1) is 17.8 Å². The van der Waals surface area contributed by atoms with E-state index < -0.39 is 0 Å². The maximum absolute atomic E-state index is 11.5. The van der Waals surface area contributed by atoms with Gasteiger partial charge in [-0.25, -0.2) is 0 Å². The molecule has 0 atom stereocenters. The summed E-state index contributed by atoms with van der Waals surface area (Å²) in [5.74, 6) is 2.51. The summed E-state index contributed by atoms with van der Waals surface area (Å²) in [4.78, 5) is 13.2. The van der Waals surface area contributed by atoms with E-state index >= 15 is 0 Å². The van der Waals surface area contributed by atoms with Crippen LogP contribution in [0.5, 0.6) is 0 Å². The molecule has 0 rings (SSSR count). The first kappa shape index (κ1) is 13.0. The zero-order valence-electron chi connectivity index (χ0n) is 9.55. The van der Waals surface area contributed by atoms with Crippen molar-refractivity contribution >= 4 is 5.91 Å². The van der Waals surface area contributed by atoms with Gasteiger partial charge in [0, 0.05) is 13.6 Å². The van der Waals surface area contributed by atoms with Gasteiger partial charge in [-0.1, -0.05) is 26.7 Å². The summed E-state index contributed by atoms with van der Waals surface area (Å²) in [5, 5.41) is 2.87. The number of carbonyl (C=O) groups is 1. The molecule has 0 aromatic carbocycles. The van der Waals surface area contributed by atoms with Crippen molar-refractivity contribution in [3.8, 4) is 12.3 Å². The number of terminal acetylenes is 1. The van der Waals surface area contributed by atoms with Crippen LogP contribution in [0.25, 0.3) is 0 Å². The molecule has 1 amide bonds. The minimum absolute atomic E-state index is 0.0789. The SMILES string of the molecule is C#CCNCC(=O)N(C)CC(C)(C)C. The van der Waals surface area contributed by atoms with Crippen molar-refractivity contribution in [1.82, 2.24) is 10.2 Å². The number of likely N-dealkylation sites (N-methyl/N-ethyl adjacent to an activating group) is 1. The Morgan fingerprint density at radius 3 is 2.50 bits per heavy atom. The smallest absolute Gasteiger partial charge is 0.236 e. The highest BCUT2D eigenvalue weighted by atomic mass is 16.2. The van der Waals surface area contributed by atoms with Gasteiger partial charge in [0.25, 0.3) is 0 Å². The lowest BCUT2D eigenvalue weighted by molar-refractivity contribution is -0.130. The van der Waals surface area contributed by atoms with Gasteiger partial charge in [0.05, 0.1) is 13.1 Å². The Kier molecular flexibility index (Phi) is 5.26. The van der Waals surface area contributed by atoms with E-state index in [1.54, 1.807) is 4.90 Å². The summed E-state index contributed by atoms with van der Waals surface area (Å²) in [6.07, 6.45) is 5.06. The molecule has 14 heavy (non-hydrogen) atoms. The molecule has 0 aromatic heterocycles. The number of nitrogens with one attached hydrogen (secondary N) is 1. The molecule has 0 aliphatic heterocycles. The Morgan fingerprint density at radius 1 is 1.50 bits per heavy atom. The molecule has 0 unspecified atom stereocenters. The highest BCUT2D eigenvalue weighted by molar-refractivity contribution is 5.78. The van der Waals surface area contributed by atoms with Gasteiger partial charge >= 0.3 is 0 Å². The number of carbonyl (C=O) groups excluding carboxylic acids is 1. The summed E-state index contributed by atoms with van der Waals surface area (Å²) in [6, 6.07) is 0. The van der Waals surface area contributed by atoms with Crippen LogP contribution < -0.4 is 5.32 Å². The number of hydrogen-bond donors (Lipinski definition) is 1. The largest absolute Gasteiger partial charge is 0.344 e. The van der Waals surface area contributed by atoms with Gasteiger partial charge in [0.1, 0.15) is 0 Å². The van der Waals surface area contributed by atoms with Crippen molar-refractivity contribution in [1.29, 1.82) is 0 Å². The average Bonchev–Trinajstić information content (AvgIpc) is 2.01. The van der Waals surface area contributed by atoms with Crippen molar-refractivity contribution in [2.24, 2.45) is 5.41 Å². The lowest BCUT2D eigenvalue weighted by atomic mass is 9.96. The fraction of sp³-hybridized carbons (Fsp3) is 0.727. The summed E-state index contributed by atoms with van der Waals surface area (Å²) in [7, 11) is 1.81. The highest BCUT2D eigenvalue weighted by Crippen LogP contribution is 2.13. The molecule has 0 aliphatic carbocycles. The first-order chi connectivity index (χ1) is 6.37. The second-order valence-corrected chi connectivity index (χ2v) is 4.62. The van der Waals surface area contributed by atoms with Crippen LogP contribution in [0.1, 0.15) is 20.8 Å². The first-order valence-corrected chi connectivity index (χ1v) is 4.75. The molecule has 0 radical (unpaired) electrons. The molecule has 1 N–H and O–H groups in total. The third-order valence-electron chi connectivity index (χ3n) is 1.64. The predicted molar refractivity (Wildman–Crippen MR) is 58.8 cm³/mol. The number of hydrogen-bond acceptors (Lipinski definition) is 2. The topological polar surface area (TPSA) is 32.3 Å². The van der Waals surface area contributed by atoms with E-state index in [-0.39, 0.29) is 11.3 Å². The van der Waals surface area contributed by atoms with Crippen LogP contribution in [-0.2, 0) is 4.79 Å². The molecule has 0 saturated heterocycles. The molecule has 80 valence electrons. The summed E-state index contributed by atoms with van der Waals surface area (Å²) in [6.45, 7) is 7.82. The Labute approximate surface area is 86.9 Å². The highest BCUT2D eigenvalue weighted by Gasteiger charge is 2.16. The maximum atomic E-state index is 11.5. The Balaban J connectivity index is 3.84. The average molecular weight is 196 g/mol. The molecule has 3 heteroatoms. The third kappa shape index (κ3) is 6.50. The van der Waals surface area contributed by atoms with Crippen LogP contribution in [0.15, 0.2) is 0 Å². The minimum Gasteiger partial charge on any atom is -0.344 e. The number of rotatable bonds is 4. The monoisotopic (exact) mass is 196 g/mol. The summed E-state index contributed by atoms with van der Waals surface area (Å²) >= 11 is 0. The number of amides is 1. The van der Waals surface area contributed by atoms with Crippen LogP contribution in [0.3, 0.4) is 0 Å². The van der Waals surface area contributed by atoms with Gasteiger partial charge in [0.2, 0.25) is 5.91 Å². The molecule has 0 heterocycles. The van der Waals surface area contributed by atoms with E-state index in [2.05, 4.69) is 32.0 Å². The van der Waals surface area contributed by atoms with E-state index in [9.17, 15) is 4.79 Å². The molecular weight excluding hydrogens is 176 g/mol. The lowest BCUT2D eigenvalue weighted by Gasteiger charge is -2.26. The third-order valence-corrected chi connectivity index (χ3v) is 1.64. The molecular formula is C11H20N2O. The lowest BCUT2D eigenvalue weighted by Crippen LogP contribution is -2.39. The second-order valence-electron chi connectivity index (χ2n) is 4.62. The van der Waals surface area contributed by atoms with E-state index in [0.29, 0.717) is 13.1 Å². The van der Waals surface area contributed by atoms with E-state index in [0.717, 1.165) is 6.54 Å². The predicted octanol–water partition coefficient (Wildman–Crippen LogP) is 0.714. The molecule has 0 fully saturated rings. The fourth-order valence-corrected chi connectivity index (χ4v) is 1.18. The maximum Gasteiger partial charge on any atom is 0.236 e. The van der Waals surface area contributed by atoms with E-state index in [4.69, 9.17) is 6.42 Å². The van der Waals surface area contributed by atoms with Crippen molar-refractivity contribution in [2.75, 3.05) is 26.7 Å². The number of nitrogens with zero attached hydrogens (tertiary/aromatic N) is 1. The van der Waals surface area contributed by atoms with Crippen LogP contribution in [-0.4, -0.2) is 37.5 Å². The first-order valence-electron chi connectivity index (χ1n) is 4.75. The Morgan fingerprint density at radius 2 is 2.07 bits per heavy atom. The van der Waals surface area contributed by atoms with Gasteiger partial charge in [-0.3, -0.25) is 10.1 Å². The van der Waals surface area contributed by atoms with Crippen LogP contribution in [0.4, 0.5) is 0 Å². The van der Waals surface area contributed by atoms with Crippen molar-refractivity contribution in [3.63, 3.8) is 0 Å². The zero-order chi connectivity index (χ0) is 11.2. The molecule has 0 saturated carbocycles. The summed E-state index contributed by atoms with van der Waals surface area (Å²) < 4.78 is 0. The van der Waals surface area contributed by atoms with Crippen molar-refractivity contribution in [2.45, 2.75) is 20.8 Å². The second kappa shape index (κ2) is 5.66. The van der Waals surface area contributed by atoms with Crippen LogP contribution >= 0.6 is 0 Å². The van der Waals surface area contributed by atoms with Gasteiger partial charge in [0.15, 0.2) is 0 Å². The zero-order valence-corrected chi connectivity index (χ0v) is 9.55. The minimum atomic E-state index is 0.0789. The fourth-order valence-electron chi connectivity index (χ4n) is 1.18.